The van der Waals surface area contributed by atoms with E-state index in [2.05, 4.69) is 9.72 Å². The standard InChI is InChI=1S/C16H12Cl2N2O2S/c1-22-12(21)7-8-5-6-9(13(18)14(8)19)16-20-15-10(17)3-2-4-11(15)23-16/h2-6H,7,19H2,1H3. The molecule has 1 heterocycles. The summed E-state index contributed by atoms with van der Waals surface area (Å²) in [6.45, 7) is 0. The van der Waals surface area contributed by atoms with Crippen molar-refractivity contribution in [1.82, 2.24) is 4.98 Å². The minimum Gasteiger partial charge on any atom is -0.469 e. The Hall–Kier alpha value is -1.82. The van der Waals surface area contributed by atoms with E-state index in [1.165, 1.54) is 18.4 Å². The number of carbonyl (C=O) groups excluding carboxylic acids is 1. The lowest BCUT2D eigenvalue weighted by Gasteiger charge is -2.09. The minimum absolute atomic E-state index is 0.0774. The van der Waals surface area contributed by atoms with Crippen LogP contribution >= 0.6 is 34.5 Å². The van der Waals surface area contributed by atoms with E-state index in [0.717, 1.165) is 20.8 Å². The molecule has 0 bridgehead atoms. The molecule has 23 heavy (non-hydrogen) atoms. The lowest BCUT2D eigenvalue weighted by atomic mass is 10.1. The molecule has 0 spiro atoms. The molecule has 1 aromatic heterocycles. The Morgan fingerprint density at radius 1 is 1.30 bits per heavy atom. The van der Waals surface area contributed by atoms with Crippen LogP contribution < -0.4 is 5.73 Å². The van der Waals surface area contributed by atoms with E-state index >= 15 is 0 Å². The zero-order chi connectivity index (χ0) is 16.6. The maximum Gasteiger partial charge on any atom is 0.310 e. The van der Waals surface area contributed by atoms with Crippen molar-refractivity contribution in [1.29, 1.82) is 0 Å². The van der Waals surface area contributed by atoms with E-state index in [1.54, 1.807) is 12.1 Å². The third-order valence-electron chi connectivity index (χ3n) is 3.43. The molecular weight excluding hydrogens is 355 g/mol. The van der Waals surface area contributed by atoms with Gasteiger partial charge in [0, 0.05) is 5.56 Å². The summed E-state index contributed by atoms with van der Waals surface area (Å²) in [5, 5.41) is 1.70. The van der Waals surface area contributed by atoms with Gasteiger partial charge in [-0.3, -0.25) is 4.79 Å². The number of benzene rings is 2. The Kier molecular flexibility index (Phi) is 4.43. The van der Waals surface area contributed by atoms with E-state index in [4.69, 9.17) is 28.9 Å². The first-order valence-electron chi connectivity index (χ1n) is 6.70. The van der Waals surface area contributed by atoms with Crippen LogP contribution in [0.2, 0.25) is 10.0 Å². The summed E-state index contributed by atoms with van der Waals surface area (Å²) in [6, 6.07) is 9.19. The number of thiazole rings is 1. The Morgan fingerprint density at radius 3 is 2.78 bits per heavy atom. The van der Waals surface area contributed by atoms with Crippen molar-refractivity contribution in [3.63, 3.8) is 0 Å². The molecule has 118 valence electrons. The van der Waals surface area contributed by atoms with Crippen molar-refractivity contribution < 1.29 is 9.53 Å². The summed E-state index contributed by atoms with van der Waals surface area (Å²) in [7, 11) is 1.33. The van der Waals surface area contributed by atoms with Crippen LogP contribution in [0.3, 0.4) is 0 Å². The van der Waals surface area contributed by atoms with Gasteiger partial charge in [0.25, 0.3) is 0 Å². The molecule has 4 nitrogen and oxygen atoms in total. The smallest absolute Gasteiger partial charge is 0.310 e. The highest BCUT2D eigenvalue weighted by molar-refractivity contribution is 7.21. The fraction of sp³-hybridized carbons (Fsp3) is 0.125. The first kappa shape index (κ1) is 16.1. The molecule has 0 fully saturated rings. The van der Waals surface area contributed by atoms with Crippen LogP contribution in [0, 0.1) is 0 Å². The number of anilines is 1. The first-order valence-corrected chi connectivity index (χ1v) is 8.27. The third-order valence-corrected chi connectivity index (χ3v) is 5.20. The molecule has 0 saturated heterocycles. The fourth-order valence-corrected chi connectivity index (χ4v) is 3.84. The minimum atomic E-state index is -0.368. The molecule has 2 aromatic carbocycles. The lowest BCUT2D eigenvalue weighted by molar-refractivity contribution is -0.139. The number of nitrogen functional groups attached to an aromatic ring is 1. The van der Waals surface area contributed by atoms with Gasteiger partial charge in [0.15, 0.2) is 0 Å². The highest BCUT2D eigenvalue weighted by Gasteiger charge is 2.16. The quantitative estimate of drug-likeness (QED) is 0.544. The number of nitrogens with zero attached hydrogens (tertiary/aromatic N) is 1. The largest absolute Gasteiger partial charge is 0.469 e. The second-order valence-corrected chi connectivity index (χ2v) is 6.67. The molecule has 0 aliphatic rings. The van der Waals surface area contributed by atoms with E-state index in [1.807, 2.05) is 18.2 Å². The third kappa shape index (κ3) is 3.00. The predicted molar refractivity (Wildman–Crippen MR) is 95.2 cm³/mol. The fourth-order valence-electron chi connectivity index (χ4n) is 2.21. The van der Waals surface area contributed by atoms with Crippen LogP contribution in [-0.2, 0) is 16.0 Å². The monoisotopic (exact) mass is 366 g/mol. The average molecular weight is 367 g/mol. The number of hydrogen-bond acceptors (Lipinski definition) is 5. The number of rotatable bonds is 3. The summed E-state index contributed by atoms with van der Waals surface area (Å²) in [5.41, 5.74) is 8.51. The van der Waals surface area contributed by atoms with Gasteiger partial charge in [0.2, 0.25) is 0 Å². The highest BCUT2D eigenvalue weighted by atomic mass is 35.5. The molecule has 0 unspecified atom stereocenters. The zero-order valence-corrected chi connectivity index (χ0v) is 14.4. The summed E-state index contributed by atoms with van der Waals surface area (Å²) in [6.07, 6.45) is 0.0774. The van der Waals surface area contributed by atoms with E-state index < -0.39 is 0 Å². The normalized spacial score (nSPS) is 10.9. The molecule has 0 aliphatic heterocycles. The highest BCUT2D eigenvalue weighted by Crippen LogP contribution is 2.39. The zero-order valence-electron chi connectivity index (χ0n) is 12.1. The number of carbonyl (C=O) groups is 1. The molecule has 0 radical (unpaired) electrons. The number of hydrogen-bond donors (Lipinski definition) is 1. The molecule has 2 N–H and O–H groups in total. The van der Waals surface area contributed by atoms with Crippen molar-refractivity contribution in [2.75, 3.05) is 12.8 Å². The van der Waals surface area contributed by atoms with Gasteiger partial charge in [0.1, 0.15) is 10.5 Å². The second kappa shape index (κ2) is 6.35. The van der Waals surface area contributed by atoms with Gasteiger partial charge in [-0.1, -0.05) is 41.4 Å². The maximum absolute atomic E-state index is 11.4. The molecule has 0 atom stereocenters. The number of halogens is 2. The van der Waals surface area contributed by atoms with Crippen LogP contribution in [0.25, 0.3) is 20.8 Å². The molecule has 3 aromatic rings. The van der Waals surface area contributed by atoms with Crippen molar-refractivity contribution >= 4 is 56.4 Å². The Morgan fingerprint density at radius 2 is 2.09 bits per heavy atom. The first-order chi connectivity index (χ1) is 11.0. The van der Waals surface area contributed by atoms with Crippen LogP contribution in [-0.4, -0.2) is 18.1 Å². The topological polar surface area (TPSA) is 65.2 Å². The van der Waals surface area contributed by atoms with Gasteiger partial charge in [-0.2, -0.15) is 0 Å². The average Bonchev–Trinajstić information content (AvgIpc) is 2.97. The predicted octanol–water partition coefficient (Wildman–Crippen LogP) is 4.57. The van der Waals surface area contributed by atoms with Crippen LogP contribution in [0.5, 0.6) is 0 Å². The Bertz CT molecular complexity index is 908. The Labute approximate surface area is 146 Å². The molecule has 0 saturated carbocycles. The summed E-state index contributed by atoms with van der Waals surface area (Å²) in [5.74, 6) is -0.368. The van der Waals surface area contributed by atoms with Crippen LogP contribution in [0.4, 0.5) is 5.69 Å². The van der Waals surface area contributed by atoms with Crippen molar-refractivity contribution in [2.45, 2.75) is 6.42 Å². The van der Waals surface area contributed by atoms with Crippen molar-refractivity contribution in [3.8, 4) is 10.6 Å². The number of esters is 1. The number of fused-ring (bicyclic) bond motifs is 1. The van der Waals surface area contributed by atoms with E-state index in [-0.39, 0.29) is 12.4 Å². The number of ether oxygens (including phenoxy) is 1. The molecule has 7 heteroatoms. The van der Waals surface area contributed by atoms with Crippen molar-refractivity contribution in [2.24, 2.45) is 0 Å². The second-order valence-electron chi connectivity index (χ2n) is 4.86. The SMILES string of the molecule is COC(=O)Cc1ccc(-c2nc3c(Cl)cccc3s2)c(Cl)c1N. The van der Waals surface area contributed by atoms with Gasteiger partial charge < -0.3 is 10.5 Å². The number of para-hydroxylation sites is 1. The van der Waals surface area contributed by atoms with Gasteiger partial charge in [-0.15, -0.1) is 11.3 Å². The maximum atomic E-state index is 11.4. The van der Waals surface area contributed by atoms with Gasteiger partial charge in [-0.25, -0.2) is 4.98 Å². The number of aromatic nitrogens is 1. The summed E-state index contributed by atoms with van der Waals surface area (Å²) < 4.78 is 5.63. The lowest BCUT2D eigenvalue weighted by Crippen LogP contribution is -2.07. The van der Waals surface area contributed by atoms with Gasteiger partial charge in [-0.05, 0) is 17.7 Å². The van der Waals surface area contributed by atoms with E-state index in [9.17, 15) is 4.79 Å². The van der Waals surface area contributed by atoms with Gasteiger partial charge in [0.05, 0.1) is 34.0 Å². The summed E-state index contributed by atoms with van der Waals surface area (Å²) in [4.78, 5) is 16.0. The van der Waals surface area contributed by atoms with E-state index in [0.29, 0.717) is 21.3 Å². The number of nitrogens with two attached hydrogens (primary N) is 1. The molecule has 0 aliphatic carbocycles. The van der Waals surface area contributed by atoms with Crippen molar-refractivity contribution in [3.05, 3.63) is 45.9 Å². The molecule has 0 amide bonds. The van der Waals surface area contributed by atoms with Crippen LogP contribution in [0.15, 0.2) is 30.3 Å². The molecule has 3 rings (SSSR count). The molecular formula is C16H12Cl2N2O2S. The number of methoxy groups -OCH3 is 1. The Balaban J connectivity index is 2.07. The van der Waals surface area contributed by atoms with Gasteiger partial charge >= 0.3 is 5.97 Å². The summed E-state index contributed by atoms with van der Waals surface area (Å²) >= 11 is 14.0. The van der Waals surface area contributed by atoms with Crippen LogP contribution in [0.1, 0.15) is 5.56 Å².